The molecule has 194 valence electrons. The molecule has 1 aliphatic rings. The predicted molar refractivity (Wildman–Crippen MR) is 120 cm³/mol. The number of ether oxygens (including phenoxy) is 2. The van der Waals surface area contributed by atoms with Gasteiger partial charge in [-0.25, -0.2) is 27.8 Å². The molecule has 0 unspecified atom stereocenters. The maximum absolute atomic E-state index is 13.6. The minimum absolute atomic E-state index is 0.0121. The van der Waals surface area contributed by atoms with E-state index >= 15 is 0 Å². The van der Waals surface area contributed by atoms with E-state index in [1.54, 1.807) is 20.8 Å². The van der Waals surface area contributed by atoms with Crippen LogP contribution in [0.5, 0.6) is 5.75 Å². The number of anilines is 2. The lowest BCUT2D eigenvalue weighted by Gasteiger charge is -2.34. The van der Waals surface area contributed by atoms with Crippen LogP contribution in [0.1, 0.15) is 45.0 Å². The van der Waals surface area contributed by atoms with Gasteiger partial charge in [-0.2, -0.15) is 13.9 Å². The average molecular weight is 528 g/mol. The Kier molecular flexibility index (Phi) is 6.24. The Morgan fingerprint density at radius 2 is 2.06 bits per heavy atom. The Morgan fingerprint density at radius 1 is 1.33 bits per heavy atom. The Hall–Kier alpha value is -3.95. The molecule has 0 saturated heterocycles. The van der Waals surface area contributed by atoms with Crippen LogP contribution in [0.15, 0.2) is 38.5 Å². The monoisotopic (exact) mass is 528 g/mol. The number of H-pyrrole nitrogens is 1. The summed E-state index contributed by atoms with van der Waals surface area (Å²) in [6.45, 7) is 2.82. The van der Waals surface area contributed by atoms with Gasteiger partial charge in [0.15, 0.2) is 6.10 Å². The normalized spacial score (nSPS) is 16.0. The smallest absolute Gasteiger partial charge is 0.434 e. The maximum Gasteiger partial charge on any atom is 0.434 e. The Labute approximate surface area is 203 Å². The fourth-order valence-corrected chi connectivity index (χ4v) is 5.05. The van der Waals surface area contributed by atoms with Crippen LogP contribution in [-0.2, 0) is 14.8 Å². The van der Waals surface area contributed by atoms with Crippen molar-refractivity contribution in [2.24, 2.45) is 0 Å². The number of aromatic amines is 1. The number of carbonyl (C=O) groups excluding carboxylic acids is 1. The Bertz CT molecular complexity index is 1460. The number of sulfonamides is 1. The summed E-state index contributed by atoms with van der Waals surface area (Å²) in [7, 11) is -4.49. The topological polar surface area (TPSA) is 162 Å². The molecule has 0 radical (unpaired) electrons. The van der Waals surface area contributed by atoms with Crippen molar-refractivity contribution in [3.8, 4) is 5.75 Å². The highest BCUT2D eigenvalue weighted by molar-refractivity contribution is 7.92. The Morgan fingerprint density at radius 3 is 2.64 bits per heavy atom. The molecule has 36 heavy (non-hydrogen) atoms. The van der Waals surface area contributed by atoms with Crippen LogP contribution in [0.25, 0.3) is 0 Å². The van der Waals surface area contributed by atoms with E-state index in [1.165, 1.54) is 25.1 Å². The summed E-state index contributed by atoms with van der Waals surface area (Å²) in [6.07, 6.45) is -1.21. The number of nitrogens with zero attached hydrogens (tertiary/aromatic N) is 4. The zero-order valence-electron chi connectivity index (χ0n) is 19.5. The summed E-state index contributed by atoms with van der Waals surface area (Å²) >= 11 is 0. The molecule has 0 saturated carbocycles. The summed E-state index contributed by atoms with van der Waals surface area (Å²) in [5.74, 6) is -1.06. The molecule has 2 aromatic heterocycles. The molecule has 1 aromatic carbocycles. The number of hydrogen-bond donors (Lipinski definition) is 2. The van der Waals surface area contributed by atoms with Crippen LogP contribution in [-0.4, -0.2) is 46.6 Å². The standard InChI is InChI=1S/C20H22F2N6O7S/c1-10-15(9-27(26-10)17(21)22)36(31,32)28-8-14(16-24-25-19(30)34-16)33-13-6-5-11(7-12(13)28)23-18(29)35-20(2,3)4/h5-7,9,14,17H,8H2,1-4H3,(H,23,29)(H,25,30)/t14-/m1/s1. The van der Waals surface area contributed by atoms with Gasteiger partial charge in [0.2, 0.25) is 0 Å². The number of fused-ring (bicyclic) bond motifs is 1. The SMILES string of the molecule is Cc1nn(C(F)F)cc1S(=O)(=O)N1C[C@H](c2n[nH]c(=O)o2)Oc2ccc(NC(=O)OC(C)(C)C)cc21. The second kappa shape index (κ2) is 8.92. The third-order valence-electron chi connectivity index (χ3n) is 4.84. The van der Waals surface area contributed by atoms with Crippen LogP contribution in [0.4, 0.5) is 25.0 Å². The van der Waals surface area contributed by atoms with Gasteiger partial charge >= 0.3 is 18.4 Å². The molecule has 16 heteroatoms. The average Bonchev–Trinajstić information content (AvgIpc) is 3.37. The van der Waals surface area contributed by atoms with Gasteiger partial charge in [0.25, 0.3) is 15.9 Å². The molecule has 0 aliphatic carbocycles. The number of halogens is 2. The number of alkyl halides is 2. The van der Waals surface area contributed by atoms with E-state index in [9.17, 15) is 26.8 Å². The first-order valence-corrected chi connectivity index (χ1v) is 11.9. The van der Waals surface area contributed by atoms with E-state index in [4.69, 9.17) is 13.9 Å². The number of aryl methyl sites for hydroxylation is 1. The number of rotatable bonds is 5. The molecule has 13 nitrogen and oxygen atoms in total. The molecule has 0 spiro atoms. The van der Waals surface area contributed by atoms with E-state index in [2.05, 4.69) is 20.6 Å². The van der Waals surface area contributed by atoms with E-state index in [0.29, 0.717) is 0 Å². The minimum Gasteiger partial charge on any atom is -0.476 e. The number of benzene rings is 1. The first kappa shape index (κ1) is 25.2. The Balaban J connectivity index is 1.77. The summed E-state index contributed by atoms with van der Waals surface area (Å²) in [5, 5.41) is 11.9. The van der Waals surface area contributed by atoms with Crippen molar-refractivity contribution in [2.45, 2.75) is 50.8 Å². The molecule has 3 aromatic rings. The number of hydrogen-bond acceptors (Lipinski definition) is 9. The largest absolute Gasteiger partial charge is 0.476 e. The lowest BCUT2D eigenvalue weighted by Crippen LogP contribution is -2.40. The summed E-state index contributed by atoms with van der Waals surface area (Å²) in [4.78, 5) is 23.2. The highest BCUT2D eigenvalue weighted by Crippen LogP contribution is 2.42. The van der Waals surface area contributed by atoms with Gasteiger partial charge < -0.3 is 13.9 Å². The van der Waals surface area contributed by atoms with Crippen LogP contribution in [0, 0.1) is 6.92 Å². The van der Waals surface area contributed by atoms with Gasteiger partial charge in [-0.3, -0.25) is 9.62 Å². The third kappa shape index (κ3) is 5.02. The fraction of sp³-hybridized carbons (Fsp3) is 0.400. The van der Waals surface area contributed by atoms with Gasteiger partial charge in [-0.05, 0) is 45.9 Å². The number of amides is 1. The second-order valence-electron chi connectivity index (χ2n) is 8.74. The van der Waals surface area contributed by atoms with Crippen molar-refractivity contribution in [3.05, 3.63) is 46.5 Å². The van der Waals surface area contributed by atoms with Crippen molar-refractivity contribution in [1.29, 1.82) is 0 Å². The van der Waals surface area contributed by atoms with Gasteiger partial charge in [0.1, 0.15) is 16.2 Å². The highest BCUT2D eigenvalue weighted by Gasteiger charge is 2.39. The molecule has 1 aliphatic heterocycles. The van der Waals surface area contributed by atoms with Crippen molar-refractivity contribution in [1.82, 2.24) is 20.0 Å². The lowest BCUT2D eigenvalue weighted by atomic mass is 10.2. The molecular formula is C20H22F2N6O7S. The minimum atomic E-state index is -4.49. The van der Waals surface area contributed by atoms with Gasteiger partial charge in [0.05, 0.1) is 24.1 Å². The van der Waals surface area contributed by atoms with Gasteiger partial charge in [-0.1, -0.05) is 0 Å². The third-order valence-corrected chi connectivity index (χ3v) is 6.73. The quantitative estimate of drug-likeness (QED) is 0.507. The second-order valence-corrected chi connectivity index (χ2v) is 10.6. The van der Waals surface area contributed by atoms with E-state index < -0.39 is 51.6 Å². The van der Waals surface area contributed by atoms with E-state index in [1.807, 2.05) is 0 Å². The fourth-order valence-electron chi connectivity index (χ4n) is 3.42. The number of carbonyl (C=O) groups is 1. The van der Waals surface area contributed by atoms with Gasteiger partial charge in [-0.15, -0.1) is 5.10 Å². The zero-order valence-corrected chi connectivity index (χ0v) is 20.3. The molecule has 2 N–H and O–H groups in total. The summed E-state index contributed by atoms with van der Waals surface area (Å²) in [5.41, 5.74) is -0.771. The maximum atomic E-state index is 13.6. The molecule has 4 rings (SSSR count). The van der Waals surface area contributed by atoms with Crippen molar-refractivity contribution in [2.75, 3.05) is 16.2 Å². The first-order valence-electron chi connectivity index (χ1n) is 10.5. The predicted octanol–water partition coefficient (Wildman–Crippen LogP) is 2.94. The lowest BCUT2D eigenvalue weighted by molar-refractivity contribution is 0.0560. The number of aromatic nitrogens is 4. The molecular weight excluding hydrogens is 506 g/mol. The van der Waals surface area contributed by atoms with Gasteiger partial charge in [0, 0.05) is 5.69 Å². The zero-order chi connectivity index (χ0) is 26.4. The van der Waals surface area contributed by atoms with Crippen LogP contribution < -0.4 is 20.1 Å². The molecule has 0 bridgehead atoms. The molecule has 0 fully saturated rings. The molecule has 1 atom stereocenters. The van der Waals surface area contributed by atoms with E-state index in [0.717, 1.165) is 10.5 Å². The van der Waals surface area contributed by atoms with Crippen molar-refractivity contribution in [3.63, 3.8) is 0 Å². The molecule has 1 amide bonds. The highest BCUT2D eigenvalue weighted by atomic mass is 32.2. The van der Waals surface area contributed by atoms with Crippen LogP contribution in [0.2, 0.25) is 0 Å². The first-order chi connectivity index (χ1) is 16.7. The van der Waals surface area contributed by atoms with Crippen molar-refractivity contribution < 1.29 is 35.9 Å². The summed E-state index contributed by atoms with van der Waals surface area (Å²) in [6, 6.07) is 4.15. The van der Waals surface area contributed by atoms with Crippen LogP contribution >= 0.6 is 0 Å². The van der Waals surface area contributed by atoms with E-state index in [-0.39, 0.29) is 33.4 Å². The van der Waals surface area contributed by atoms with Crippen molar-refractivity contribution >= 4 is 27.5 Å². The number of nitrogens with one attached hydrogen (secondary N) is 2. The summed E-state index contributed by atoms with van der Waals surface area (Å²) < 4.78 is 70.7. The van der Waals surface area contributed by atoms with Crippen LogP contribution in [0.3, 0.4) is 0 Å². The molecule has 3 heterocycles.